The Morgan fingerprint density at radius 2 is 1.72 bits per heavy atom. The lowest BCUT2D eigenvalue weighted by Gasteiger charge is -2.34. The van der Waals surface area contributed by atoms with E-state index in [4.69, 9.17) is 14.7 Å². The van der Waals surface area contributed by atoms with Crippen LogP contribution in [-0.4, -0.2) is 58.3 Å². The second-order valence-corrected chi connectivity index (χ2v) is 11.2. The quantitative estimate of drug-likeness (QED) is 0.190. The highest BCUT2D eigenvalue weighted by Crippen LogP contribution is 2.35. The third-order valence-corrected chi connectivity index (χ3v) is 9.30. The van der Waals surface area contributed by atoms with Gasteiger partial charge in [0.25, 0.3) is 5.91 Å². The largest absolute Gasteiger partial charge is 0.494 e. The number of hydrogen-bond acceptors (Lipinski definition) is 9. The van der Waals surface area contributed by atoms with Crippen LogP contribution in [0.3, 0.4) is 0 Å². The van der Waals surface area contributed by atoms with Crippen LogP contribution in [0, 0.1) is 6.92 Å². The van der Waals surface area contributed by atoms with Crippen LogP contribution >= 0.6 is 0 Å². The molecule has 2 aromatic carbocycles. The number of ether oxygens (including phenoxy) is 2. The highest BCUT2D eigenvalue weighted by Gasteiger charge is 2.52. The number of rotatable bonds is 10. The number of amides is 1. The lowest BCUT2D eigenvalue weighted by molar-refractivity contribution is -0.134. The maximum atomic E-state index is 13.3. The van der Waals surface area contributed by atoms with Crippen LogP contribution in [0.1, 0.15) is 25.0 Å². The minimum Gasteiger partial charge on any atom is -0.494 e. The van der Waals surface area contributed by atoms with E-state index >= 15 is 0 Å². The molecule has 0 bridgehead atoms. The fourth-order valence-electron chi connectivity index (χ4n) is 4.58. The Bertz CT molecular complexity index is 1480. The standard InChI is InChI=1S/C25H28FN3O9S/c1-17-22(30)28(24(32)29(17)18-3-5-20(38-26)6-4-18)13-2-14-37-19-7-9-21(10-8-19)39(34,35)25(23(31)27-33)11-15-36-16-12-25/h3-10,30,33H,2,11-16H2,1H3,(H,27,31). The molecule has 14 heteroatoms. The van der Waals surface area contributed by atoms with E-state index in [-0.39, 0.29) is 55.7 Å². The van der Waals surface area contributed by atoms with E-state index in [9.17, 15) is 27.6 Å². The van der Waals surface area contributed by atoms with Crippen molar-refractivity contribution in [2.45, 2.75) is 42.4 Å². The minimum atomic E-state index is -4.15. The topological polar surface area (TPSA) is 158 Å². The molecule has 1 aromatic heterocycles. The normalized spacial score (nSPS) is 15.1. The van der Waals surface area contributed by atoms with E-state index in [0.29, 0.717) is 23.6 Å². The number of nitrogens with one attached hydrogen (secondary N) is 1. The average Bonchev–Trinajstić information content (AvgIpc) is 3.18. The lowest BCUT2D eigenvalue weighted by Crippen LogP contribution is -2.54. The molecule has 4 rings (SSSR count). The maximum Gasteiger partial charge on any atom is 0.335 e. The monoisotopic (exact) mass is 565 g/mol. The Balaban J connectivity index is 1.41. The van der Waals surface area contributed by atoms with Gasteiger partial charge in [-0.05, 0) is 74.7 Å². The molecule has 1 aliphatic heterocycles. The van der Waals surface area contributed by atoms with Gasteiger partial charge in [-0.2, -0.15) is 0 Å². The highest BCUT2D eigenvalue weighted by molar-refractivity contribution is 7.93. The van der Waals surface area contributed by atoms with Gasteiger partial charge >= 0.3 is 5.69 Å². The van der Waals surface area contributed by atoms with Crippen LogP contribution in [0.25, 0.3) is 5.69 Å². The SMILES string of the molecule is Cc1c(O)n(CCCOc2ccc(S(=O)(=O)C3(C(=O)NO)CCOCC3)cc2)c(=O)n1-c1ccc(OF)cc1. The van der Waals surface area contributed by atoms with Crippen LogP contribution in [0.2, 0.25) is 0 Å². The van der Waals surface area contributed by atoms with Gasteiger partial charge in [-0.1, -0.05) is 0 Å². The summed E-state index contributed by atoms with van der Waals surface area (Å²) in [5.41, 5.74) is 1.73. The van der Waals surface area contributed by atoms with Gasteiger partial charge in [0.05, 0.1) is 22.9 Å². The van der Waals surface area contributed by atoms with Gasteiger partial charge in [0, 0.05) is 24.3 Å². The molecule has 0 radical (unpaired) electrons. The van der Waals surface area contributed by atoms with E-state index in [2.05, 4.69) is 4.94 Å². The van der Waals surface area contributed by atoms with E-state index in [1.165, 1.54) is 63.1 Å². The van der Waals surface area contributed by atoms with Gasteiger partial charge in [-0.25, -0.2) is 18.7 Å². The Morgan fingerprint density at radius 3 is 2.31 bits per heavy atom. The van der Waals surface area contributed by atoms with Crippen molar-refractivity contribution in [3.63, 3.8) is 0 Å². The van der Waals surface area contributed by atoms with Crippen LogP contribution in [0.15, 0.2) is 58.2 Å². The summed E-state index contributed by atoms with van der Waals surface area (Å²) in [5.74, 6) is -0.870. The number of imidazole rings is 1. The summed E-state index contributed by atoms with van der Waals surface area (Å²) >= 11 is 0. The predicted molar refractivity (Wildman–Crippen MR) is 135 cm³/mol. The smallest absolute Gasteiger partial charge is 0.335 e. The Morgan fingerprint density at radius 1 is 1.10 bits per heavy atom. The van der Waals surface area contributed by atoms with Gasteiger partial charge in [0.15, 0.2) is 20.3 Å². The van der Waals surface area contributed by atoms with E-state index in [0.717, 1.165) is 0 Å². The molecule has 0 spiro atoms. The first kappa shape index (κ1) is 28.1. The molecule has 210 valence electrons. The predicted octanol–water partition coefficient (Wildman–Crippen LogP) is 2.21. The number of carbonyl (C=O) groups is 1. The fourth-order valence-corrected chi connectivity index (χ4v) is 6.52. The number of hydroxylamine groups is 1. The van der Waals surface area contributed by atoms with Crippen molar-refractivity contribution >= 4 is 15.7 Å². The molecule has 1 aliphatic rings. The van der Waals surface area contributed by atoms with Crippen molar-refractivity contribution < 1.29 is 42.5 Å². The molecule has 3 aromatic rings. The number of aromatic hydroxyl groups is 1. The highest BCUT2D eigenvalue weighted by atomic mass is 32.2. The van der Waals surface area contributed by atoms with Crippen LogP contribution < -0.4 is 20.8 Å². The molecule has 1 saturated heterocycles. The van der Waals surface area contributed by atoms with Crippen LogP contribution in [0.4, 0.5) is 4.53 Å². The molecule has 0 saturated carbocycles. The first-order valence-corrected chi connectivity index (χ1v) is 13.5. The van der Waals surface area contributed by atoms with Gasteiger partial charge in [0.1, 0.15) is 5.75 Å². The average molecular weight is 566 g/mol. The van der Waals surface area contributed by atoms with Gasteiger partial charge in [-0.15, -0.1) is 0 Å². The van der Waals surface area contributed by atoms with Gasteiger partial charge in [0.2, 0.25) is 5.88 Å². The van der Waals surface area contributed by atoms with E-state index in [1.807, 2.05) is 0 Å². The molecule has 12 nitrogen and oxygen atoms in total. The van der Waals surface area contributed by atoms with Crippen molar-refractivity contribution in [2.75, 3.05) is 19.8 Å². The van der Waals surface area contributed by atoms with Gasteiger partial charge in [-0.3, -0.25) is 24.1 Å². The second kappa shape index (κ2) is 11.5. The Hall–Kier alpha value is -3.88. The first-order chi connectivity index (χ1) is 18.7. The molecule has 0 unspecified atom stereocenters. The van der Waals surface area contributed by atoms with E-state index < -0.39 is 26.2 Å². The number of sulfone groups is 1. The zero-order valence-corrected chi connectivity index (χ0v) is 21.8. The second-order valence-electron chi connectivity index (χ2n) is 8.97. The Labute approximate surface area is 222 Å². The third kappa shape index (κ3) is 5.22. The molecule has 0 atom stereocenters. The fraction of sp³-hybridized carbons (Fsp3) is 0.360. The summed E-state index contributed by atoms with van der Waals surface area (Å²) in [7, 11) is -4.15. The molecular formula is C25H28FN3O9S. The maximum absolute atomic E-state index is 13.3. The number of carbonyl (C=O) groups excluding carboxylic acids is 1. The molecule has 3 N–H and O–H groups in total. The van der Waals surface area contributed by atoms with Crippen molar-refractivity contribution in [3.8, 4) is 23.1 Å². The number of hydrogen-bond donors (Lipinski definition) is 3. The molecule has 2 heterocycles. The van der Waals surface area contributed by atoms with E-state index in [1.54, 1.807) is 6.92 Å². The Kier molecular flexibility index (Phi) is 8.28. The summed E-state index contributed by atoms with van der Waals surface area (Å²) in [4.78, 5) is 28.8. The zero-order valence-electron chi connectivity index (χ0n) is 21.0. The summed E-state index contributed by atoms with van der Waals surface area (Å²) in [6.45, 7) is 2.00. The van der Waals surface area contributed by atoms with Crippen LogP contribution in [-0.2, 0) is 25.9 Å². The first-order valence-electron chi connectivity index (χ1n) is 12.1. The molecule has 0 aliphatic carbocycles. The summed E-state index contributed by atoms with van der Waals surface area (Å²) in [5, 5.41) is 19.6. The summed E-state index contributed by atoms with van der Waals surface area (Å²) < 4.78 is 50.5. The third-order valence-electron chi connectivity index (χ3n) is 6.78. The number of nitrogens with zero attached hydrogens (tertiary/aromatic N) is 2. The minimum absolute atomic E-state index is 0.0189. The van der Waals surface area contributed by atoms with Crippen molar-refractivity contribution in [2.24, 2.45) is 0 Å². The van der Waals surface area contributed by atoms with Crippen molar-refractivity contribution in [1.82, 2.24) is 14.6 Å². The van der Waals surface area contributed by atoms with Gasteiger partial charge < -0.3 is 14.6 Å². The lowest BCUT2D eigenvalue weighted by atomic mass is 9.98. The summed E-state index contributed by atoms with van der Waals surface area (Å²) in [6.07, 6.45) is 0.154. The van der Waals surface area contributed by atoms with Crippen molar-refractivity contribution in [1.29, 1.82) is 0 Å². The molecule has 1 fully saturated rings. The number of halogens is 1. The molecule has 39 heavy (non-hydrogen) atoms. The number of benzene rings is 2. The zero-order chi connectivity index (χ0) is 28.2. The molecule has 1 amide bonds. The van der Waals surface area contributed by atoms with Crippen molar-refractivity contribution in [3.05, 3.63) is 64.7 Å². The summed E-state index contributed by atoms with van der Waals surface area (Å²) in [6, 6.07) is 11.2. The number of aromatic nitrogens is 2. The molecular weight excluding hydrogens is 537 g/mol. The van der Waals surface area contributed by atoms with Crippen LogP contribution in [0.5, 0.6) is 17.4 Å².